The van der Waals surface area contributed by atoms with Crippen molar-refractivity contribution in [2.75, 3.05) is 0 Å². The largest absolute Gasteiger partial charge is 0.270 e. The van der Waals surface area contributed by atoms with Gasteiger partial charge in [-0.2, -0.15) is 0 Å². The van der Waals surface area contributed by atoms with Crippen LogP contribution in [0.1, 0.15) is 52.6 Å². The molecule has 2 aliphatic heterocycles. The Kier molecular flexibility index (Phi) is 4.35. The Balaban J connectivity index is 1.46. The summed E-state index contributed by atoms with van der Waals surface area (Å²) in [6.45, 7) is 0.199. The van der Waals surface area contributed by atoms with E-state index in [2.05, 4.69) is 9.97 Å². The zero-order valence-electron chi connectivity index (χ0n) is 17.8. The third kappa shape index (κ3) is 2.85. The average Bonchev–Trinajstić information content (AvgIpc) is 2.87. The summed E-state index contributed by atoms with van der Waals surface area (Å²) in [6.07, 6.45) is 6.40. The van der Waals surface area contributed by atoms with Gasteiger partial charge in [-0.1, -0.05) is 0 Å². The van der Waals surface area contributed by atoms with E-state index < -0.39 is 23.6 Å². The Labute approximate surface area is 193 Å². The average molecular weight is 448 g/mol. The van der Waals surface area contributed by atoms with Gasteiger partial charge in [0.2, 0.25) is 0 Å². The highest BCUT2D eigenvalue weighted by Gasteiger charge is 2.39. The Morgan fingerprint density at radius 2 is 0.765 bits per heavy atom. The number of hydrogen-bond acceptors (Lipinski definition) is 6. The second kappa shape index (κ2) is 7.41. The number of hydrogen-bond donors (Lipinski definition) is 0. The van der Waals surface area contributed by atoms with Crippen LogP contribution in [-0.2, 0) is 13.1 Å². The van der Waals surface area contributed by atoms with Crippen LogP contribution in [0.5, 0.6) is 0 Å². The maximum atomic E-state index is 13.3. The minimum Gasteiger partial charge on any atom is -0.270 e. The molecule has 164 valence electrons. The number of imide groups is 2. The van der Waals surface area contributed by atoms with Gasteiger partial charge in [-0.3, -0.25) is 38.9 Å². The zero-order valence-corrected chi connectivity index (χ0v) is 17.8. The fourth-order valence-corrected chi connectivity index (χ4v) is 4.60. The van der Waals surface area contributed by atoms with Crippen molar-refractivity contribution in [3.8, 4) is 0 Å². The Hall–Kier alpha value is -4.72. The molecule has 2 aromatic carbocycles. The molecule has 0 N–H and O–H groups in total. The minimum absolute atomic E-state index is 0.0994. The van der Waals surface area contributed by atoms with Crippen LogP contribution < -0.4 is 0 Å². The number of pyridine rings is 2. The lowest BCUT2D eigenvalue weighted by atomic mass is 9.85. The maximum Gasteiger partial charge on any atom is 0.261 e. The van der Waals surface area contributed by atoms with E-state index in [9.17, 15) is 19.2 Å². The number of benzene rings is 2. The predicted octanol–water partition coefficient (Wildman–Crippen LogP) is 3.22. The lowest BCUT2D eigenvalue weighted by Crippen LogP contribution is -2.42. The molecule has 34 heavy (non-hydrogen) atoms. The van der Waals surface area contributed by atoms with Gasteiger partial charge in [-0.15, -0.1) is 0 Å². The van der Waals surface area contributed by atoms with Crippen LogP contribution >= 0.6 is 0 Å². The van der Waals surface area contributed by atoms with Crippen molar-refractivity contribution in [1.29, 1.82) is 0 Å². The zero-order chi connectivity index (χ0) is 23.4. The number of carbonyl (C=O) groups is 4. The van der Waals surface area contributed by atoms with Crippen molar-refractivity contribution in [2.24, 2.45) is 0 Å². The van der Waals surface area contributed by atoms with E-state index in [4.69, 9.17) is 0 Å². The molecule has 0 saturated heterocycles. The highest BCUT2D eigenvalue weighted by Crippen LogP contribution is 2.38. The monoisotopic (exact) mass is 448 g/mol. The maximum absolute atomic E-state index is 13.3. The van der Waals surface area contributed by atoms with Crippen LogP contribution in [0.3, 0.4) is 0 Å². The minimum atomic E-state index is -0.461. The van der Waals surface area contributed by atoms with E-state index in [0.29, 0.717) is 33.0 Å². The van der Waals surface area contributed by atoms with Crippen molar-refractivity contribution in [2.45, 2.75) is 13.1 Å². The van der Waals surface area contributed by atoms with E-state index in [0.717, 1.165) is 11.1 Å². The summed E-state index contributed by atoms with van der Waals surface area (Å²) in [4.78, 5) is 63.6. The van der Waals surface area contributed by atoms with Gasteiger partial charge in [0.1, 0.15) is 0 Å². The fraction of sp³-hybridized carbons (Fsp3) is 0.0769. The molecular weight excluding hydrogens is 432 g/mol. The van der Waals surface area contributed by atoms with Crippen molar-refractivity contribution in [3.63, 3.8) is 0 Å². The Bertz CT molecular complexity index is 1350. The summed E-state index contributed by atoms with van der Waals surface area (Å²) < 4.78 is 0. The Morgan fingerprint density at radius 3 is 1.06 bits per heavy atom. The standard InChI is InChI=1S/C26H16N4O4/c31-23-17-1-2-18-22-20(26(34)30(24(18)32)14-16-7-11-28-12-8-16)4-3-19(21(17)22)25(33)29(23)13-15-5-9-27-10-6-15/h1-12H,13-14H2. The lowest BCUT2D eigenvalue weighted by Gasteiger charge is -2.32. The summed E-state index contributed by atoms with van der Waals surface area (Å²) in [6, 6.07) is 13.2. The first-order chi connectivity index (χ1) is 16.5. The van der Waals surface area contributed by atoms with Crippen molar-refractivity contribution in [1.82, 2.24) is 19.8 Å². The number of aromatic nitrogens is 2. The van der Waals surface area contributed by atoms with Crippen LogP contribution in [0.4, 0.5) is 0 Å². The van der Waals surface area contributed by atoms with Crippen molar-refractivity contribution < 1.29 is 19.2 Å². The first-order valence-electron chi connectivity index (χ1n) is 10.6. The summed E-state index contributed by atoms with van der Waals surface area (Å²) in [5.74, 6) is -1.84. The molecule has 0 saturated carbocycles. The molecule has 8 nitrogen and oxygen atoms in total. The molecule has 0 fully saturated rings. The summed E-state index contributed by atoms with van der Waals surface area (Å²) in [5, 5.41) is 0.725. The molecule has 0 atom stereocenters. The van der Waals surface area contributed by atoms with E-state index in [1.54, 1.807) is 73.3 Å². The molecule has 0 spiro atoms. The SMILES string of the molecule is O=C1c2ccc3c4c(ccc(c24)C(=O)N1Cc1ccncc1)C(=O)N(Cc1ccncc1)C3=O. The topological polar surface area (TPSA) is 101 Å². The van der Waals surface area contributed by atoms with Crippen molar-refractivity contribution >= 4 is 34.4 Å². The molecule has 2 aliphatic rings. The first-order valence-corrected chi connectivity index (χ1v) is 10.6. The number of carbonyl (C=O) groups excluding carboxylic acids is 4. The van der Waals surface area contributed by atoms with Crippen LogP contribution in [-0.4, -0.2) is 43.4 Å². The van der Waals surface area contributed by atoms with E-state index >= 15 is 0 Å². The highest BCUT2D eigenvalue weighted by molar-refractivity contribution is 6.33. The van der Waals surface area contributed by atoms with Gasteiger partial charge in [0.15, 0.2) is 0 Å². The summed E-state index contributed by atoms with van der Waals surface area (Å²) in [5.41, 5.74) is 2.73. The molecule has 0 unspecified atom stereocenters. The van der Waals surface area contributed by atoms with Crippen LogP contribution in [0.25, 0.3) is 10.8 Å². The molecule has 6 rings (SSSR count). The normalized spacial score (nSPS) is 14.8. The van der Waals surface area contributed by atoms with Crippen molar-refractivity contribution in [3.05, 3.63) is 107 Å². The molecule has 0 radical (unpaired) electrons. The number of nitrogens with zero attached hydrogens (tertiary/aromatic N) is 4. The third-order valence-corrected chi connectivity index (χ3v) is 6.24. The molecular formula is C26H16N4O4. The second-order valence-electron chi connectivity index (χ2n) is 8.18. The van der Waals surface area contributed by atoms with Gasteiger partial charge >= 0.3 is 0 Å². The predicted molar refractivity (Wildman–Crippen MR) is 121 cm³/mol. The summed E-state index contributed by atoms with van der Waals surface area (Å²) >= 11 is 0. The Morgan fingerprint density at radius 1 is 0.471 bits per heavy atom. The fourth-order valence-electron chi connectivity index (χ4n) is 4.60. The molecule has 8 heteroatoms. The van der Waals surface area contributed by atoms with Gasteiger partial charge in [0.05, 0.1) is 13.1 Å². The second-order valence-corrected chi connectivity index (χ2v) is 8.18. The van der Waals surface area contributed by atoms with Gasteiger partial charge in [-0.25, -0.2) is 0 Å². The van der Waals surface area contributed by atoms with E-state index in [1.807, 2.05) is 0 Å². The molecule has 4 heterocycles. The van der Waals surface area contributed by atoms with E-state index in [-0.39, 0.29) is 13.1 Å². The highest BCUT2D eigenvalue weighted by atomic mass is 16.2. The smallest absolute Gasteiger partial charge is 0.261 e. The molecule has 4 amide bonds. The molecule has 4 aromatic rings. The van der Waals surface area contributed by atoms with Gasteiger partial charge in [-0.05, 0) is 59.7 Å². The molecule has 2 aromatic heterocycles. The van der Waals surface area contributed by atoms with Crippen LogP contribution in [0, 0.1) is 0 Å². The summed E-state index contributed by atoms with van der Waals surface area (Å²) in [7, 11) is 0. The first kappa shape index (κ1) is 19.9. The number of rotatable bonds is 4. The lowest BCUT2D eigenvalue weighted by molar-refractivity contribution is 0.0577. The quantitative estimate of drug-likeness (QED) is 0.445. The third-order valence-electron chi connectivity index (χ3n) is 6.24. The van der Waals surface area contributed by atoms with Gasteiger partial charge < -0.3 is 0 Å². The van der Waals surface area contributed by atoms with Gasteiger partial charge in [0, 0.05) is 57.8 Å². The van der Waals surface area contributed by atoms with Crippen LogP contribution in [0.15, 0.2) is 73.3 Å². The van der Waals surface area contributed by atoms with E-state index in [1.165, 1.54) is 9.80 Å². The molecule has 0 bridgehead atoms. The van der Waals surface area contributed by atoms with Crippen LogP contribution in [0.2, 0.25) is 0 Å². The van der Waals surface area contributed by atoms with Gasteiger partial charge in [0.25, 0.3) is 23.6 Å². The molecule has 0 aliphatic carbocycles. The number of amides is 4.